The molecule has 2 aliphatic rings. The van der Waals surface area contributed by atoms with E-state index in [0.717, 1.165) is 33.2 Å². The zero-order valence-corrected chi connectivity index (χ0v) is 33.2. The first-order valence-electron chi connectivity index (χ1n) is 21.1. The van der Waals surface area contributed by atoms with E-state index in [1.54, 1.807) is 0 Å². The van der Waals surface area contributed by atoms with Crippen molar-refractivity contribution >= 4 is 32.7 Å². The summed E-state index contributed by atoms with van der Waals surface area (Å²) in [6, 6.07) is 80.0. The van der Waals surface area contributed by atoms with Gasteiger partial charge in [0.15, 0.2) is 0 Å². The van der Waals surface area contributed by atoms with Crippen LogP contribution in [0.25, 0.3) is 72.2 Å². The maximum Gasteiger partial charge on any atom is 0.235 e. The average Bonchev–Trinajstić information content (AvgIpc) is 3.82. The van der Waals surface area contributed by atoms with Gasteiger partial charge in [-0.3, -0.25) is 4.57 Å². The van der Waals surface area contributed by atoms with Crippen molar-refractivity contribution in [3.63, 3.8) is 0 Å². The maximum absolute atomic E-state index is 5.42. The second-order valence-electron chi connectivity index (χ2n) is 16.4. The molecule has 1 spiro atoms. The lowest BCUT2D eigenvalue weighted by Crippen LogP contribution is -2.36. The number of nitrogens with zero attached hydrogens (tertiary/aromatic N) is 3. The summed E-state index contributed by atoms with van der Waals surface area (Å²) in [6.45, 7) is 0. The molecule has 2 aromatic heterocycles. The van der Waals surface area contributed by atoms with E-state index in [4.69, 9.17) is 9.97 Å². The molecule has 0 saturated heterocycles. The summed E-state index contributed by atoms with van der Waals surface area (Å²) in [5.74, 6) is 0.616. The highest BCUT2D eigenvalue weighted by molar-refractivity contribution is 6.11. The van der Waals surface area contributed by atoms with Crippen LogP contribution in [-0.2, 0) is 5.41 Å². The second kappa shape index (κ2) is 13.1. The molecular weight excluding hydrogens is 739 g/mol. The average molecular weight is 776 g/mol. The molecule has 9 aromatic carbocycles. The molecule has 13 rings (SSSR count). The summed E-state index contributed by atoms with van der Waals surface area (Å²) < 4.78 is 2.28. The third-order valence-electron chi connectivity index (χ3n) is 13.4. The van der Waals surface area contributed by atoms with Crippen LogP contribution in [0.3, 0.4) is 0 Å². The number of fused-ring (bicyclic) bond motifs is 13. The first kappa shape index (κ1) is 34.0. The largest absolute Gasteiger partial charge is 0.278 e. The number of rotatable bonds is 4. The van der Waals surface area contributed by atoms with Crippen LogP contribution in [0.5, 0.6) is 0 Å². The predicted octanol–water partition coefficient (Wildman–Crippen LogP) is 13.9. The Morgan fingerprint density at radius 2 is 0.885 bits per heavy atom. The highest BCUT2D eigenvalue weighted by atomic mass is 15.2. The minimum Gasteiger partial charge on any atom is -0.278 e. The van der Waals surface area contributed by atoms with Gasteiger partial charge in [-0.05, 0) is 85.5 Å². The van der Waals surface area contributed by atoms with Crippen molar-refractivity contribution in [3.8, 4) is 39.5 Å². The van der Waals surface area contributed by atoms with Crippen molar-refractivity contribution in [2.75, 3.05) is 0 Å². The quantitative estimate of drug-likeness (QED) is 0.178. The summed E-state index contributed by atoms with van der Waals surface area (Å²) in [4.78, 5) is 10.7. The highest BCUT2D eigenvalue weighted by Crippen LogP contribution is 2.62. The van der Waals surface area contributed by atoms with E-state index in [1.165, 1.54) is 72.0 Å². The van der Waals surface area contributed by atoms with Crippen LogP contribution >= 0.6 is 0 Å². The molecule has 11 aromatic rings. The molecule has 0 unspecified atom stereocenters. The van der Waals surface area contributed by atoms with Crippen molar-refractivity contribution in [1.29, 1.82) is 0 Å². The van der Waals surface area contributed by atoms with E-state index in [9.17, 15) is 0 Å². The van der Waals surface area contributed by atoms with Gasteiger partial charge in [0.05, 0.1) is 27.7 Å². The zero-order valence-electron chi connectivity index (χ0n) is 33.2. The Labute approximate surface area is 353 Å². The fourth-order valence-electron chi connectivity index (χ4n) is 11.0. The molecule has 3 nitrogen and oxygen atoms in total. The minimum atomic E-state index is -0.451. The third kappa shape index (κ3) is 4.74. The zero-order chi connectivity index (χ0) is 40.1. The van der Waals surface area contributed by atoms with Crippen LogP contribution in [-0.4, -0.2) is 14.5 Å². The number of para-hydroxylation sites is 2. The molecule has 0 bridgehead atoms. The highest BCUT2D eigenvalue weighted by Gasteiger charge is 2.51. The van der Waals surface area contributed by atoms with Gasteiger partial charge in [0.25, 0.3) is 0 Å². The minimum absolute atomic E-state index is 0.0405. The molecule has 284 valence electrons. The third-order valence-corrected chi connectivity index (χ3v) is 13.4. The van der Waals surface area contributed by atoms with E-state index in [2.05, 4.69) is 223 Å². The topological polar surface area (TPSA) is 30.7 Å². The normalized spacial score (nSPS) is 13.6. The molecule has 0 aliphatic heterocycles. The van der Waals surface area contributed by atoms with Gasteiger partial charge < -0.3 is 0 Å². The first-order valence-corrected chi connectivity index (χ1v) is 21.1. The van der Waals surface area contributed by atoms with Gasteiger partial charge in [-0.2, -0.15) is 0 Å². The lowest BCUT2D eigenvalue weighted by atomic mass is 9.58. The number of benzene rings is 9. The number of hydrogen-bond donors (Lipinski definition) is 0. The molecule has 0 fully saturated rings. The van der Waals surface area contributed by atoms with Crippen molar-refractivity contribution < 1.29 is 0 Å². The van der Waals surface area contributed by atoms with Crippen LogP contribution in [0.15, 0.2) is 218 Å². The molecule has 3 heteroatoms. The van der Waals surface area contributed by atoms with Gasteiger partial charge in [0, 0.05) is 27.6 Å². The van der Waals surface area contributed by atoms with E-state index in [1.807, 2.05) is 0 Å². The van der Waals surface area contributed by atoms with Crippen molar-refractivity contribution in [2.45, 2.75) is 11.3 Å². The van der Waals surface area contributed by atoms with Crippen molar-refractivity contribution in [2.24, 2.45) is 0 Å². The summed E-state index contributed by atoms with van der Waals surface area (Å²) >= 11 is 0. The fraction of sp³-hybridized carbons (Fsp3) is 0.0345. The van der Waals surface area contributed by atoms with Crippen LogP contribution in [0, 0.1) is 0 Å². The smallest absolute Gasteiger partial charge is 0.235 e. The second-order valence-corrected chi connectivity index (χ2v) is 16.4. The Balaban J connectivity index is 1.13. The molecule has 0 radical (unpaired) electrons. The summed E-state index contributed by atoms with van der Waals surface area (Å²) in [5, 5.41) is 3.38. The van der Waals surface area contributed by atoms with Gasteiger partial charge in [0.1, 0.15) is 0 Å². The molecule has 61 heavy (non-hydrogen) atoms. The standard InChI is InChI=1S/C58H37N3/c1-3-19-37(20-4-1)45-36-54-46(41-25-12-18-34-53(41)61(54)57-59-52-33-17-11-28-44(52)56(60-57)38-21-5-2-6-22-38)35-47(45)55-42-26-9-15-31-50(42)58(51-32-16-10-27-43(51)55)48-29-13-7-23-39(48)40-24-8-14-30-49(40)58/h1-36,55H. The van der Waals surface area contributed by atoms with Crippen LogP contribution in [0.4, 0.5) is 0 Å². The Hall–Kier alpha value is -7.88. The fourth-order valence-corrected chi connectivity index (χ4v) is 11.0. The molecule has 0 atom stereocenters. The molecule has 0 amide bonds. The van der Waals surface area contributed by atoms with Crippen LogP contribution in [0.1, 0.15) is 44.9 Å². The molecule has 0 saturated carbocycles. The lowest BCUT2D eigenvalue weighted by Gasteiger charge is -2.43. The molecular formula is C58H37N3. The summed E-state index contributed by atoms with van der Waals surface area (Å²) in [5.41, 5.74) is 18.9. The monoisotopic (exact) mass is 775 g/mol. The predicted molar refractivity (Wildman–Crippen MR) is 249 cm³/mol. The Morgan fingerprint density at radius 3 is 1.56 bits per heavy atom. The van der Waals surface area contributed by atoms with Gasteiger partial charge in [0.2, 0.25) is 5.95 Å². The van der Waals surface area contributed by atoms with Crippen LogP contribution in [0.2, 0.25) is 0 Å². The van der Waals surface area contributed by atoms with E-state index >= 15 is 0 Å². The summed E-state index contributed by atoms with van der Waals surface area (Å²) in [7, 11) is 0. The first-order chi connectivity index (χ1) is 30.3. The van der Waals surface area contributed by atoms with E-state index < -0.39 is 5.41 Å². The number of aromatic nitrogens is 3. The SMILES string of the molecule is c1ccc(-c2cc3c(cc2C2c4ccccc4C4(c5ccccc5-c5ccccc54)c4ccccc42)c2ccccc2n3-c2nc(-c3ccccc3)c3ccccc3n2)cc1. The van der Waals surface area contributed by atoms with Crippen LogP contribution < -0.4 is 0 Å². The van der Waals surface area contributed by atoms with Gasteiger partial charge in [-0.15, -0.1) is 0 Å². The van der Waals surface area contributed by atoms with E-state index in [0.29, 0.717) is 5.95 Å². The maximum atomic E-state index is 5.42. The Bertz CT molecular complexity index is 3450. The lowest BCUT2D eigenvalue weighted by molar-refractivity contribution is 0.697. The number of hydrogen-bond acceptors (Lipinski definition) is 2. The molecule has 2 heterocycles. The van der Waals surface area contributed by atoms with Crippen molar-refractivity contribution in [1.82, 2.24) is 14.5 Å². The summed E-state index contributed by atoms with van der Waals surface area (Å²) in [6.07, 6.45) is 0. The Morgan fingerprint density at radius 1 is 0.361 bits per heavy atom. The molecule has 0 N–H and O–H groups in total. The van der Waals surface area contributed by atoms with Gasteiger partial charge in [-0.25, -0.2) is 9.97 Å². The van der Waals surface area contributed by atoms with E-state index in [-0.39, 0.29) is 5.92 Å². The molecule has 2 aliphatic carbocycles. The van der Waals surface area contributed by atoms with Gasteiger partial charge in [-0.1, -0.05) is 194 Å². The van der Waals surface area contributed by atoms with Gasteiger partial charge >= 0.3 is 0 Å². The Kier molecular flexibility index (Phi) is 7.29. The van der Waals surface area contributed by atoms with Crippen molar-refractivity contribution in [3.05, 3.63) is 257 Å².